The standard InChI is InChI=1S/C25H28N2O3S/c1-16-7-4-5-10-20(16)26-24(28)18-11-12-22-21(15-18)27(2)25(29)23(31-22)14-17-8-6-9-19(13-17)30-3/h6,8-9,11-16,20H,4-5,7,10H2,1-3H3,(H,26,28)/b23-14-/t16-,20+/m0/s1. The summed E-state index contributed by atoms with van der Waals surface area (Å²) in [4.78, 5) is 29.1. The number of hydrogen-bond donors (Lipinski definition) is 1. The molecule has 0 unspecified atom stereocenters. The van der Waals surface area contributed by atoms with Crippen molar-refractivity contribution in [2.24, 2.45) is 5.92 Å². The highest BCUT2D eigenvalue weighted by atomic mass is 32.2. The minimum Gasteiger partial charge on any atom is -0.497 e. The quantitative estimate of drug-likeness (QED) is 0.677. The molecule has 4 rings (SSSR count). The van der Waals surface area contributed by atoms with Gasteiger partial charge in [0.1, 0.15) is 5.75 Å². The average molecular weight is 437 g/mol. The van der Waals surface area contributed by atoms with Crippen molar-refractivity contribution in [2.45, 2.75) is 43.5 Å². The molecule has 1 saturated carbocycles. The minimum atomic E-state index is -0.0845. The molecule has 162 valence electrons. The molecule has 2 aromatic rings. The zero-order chi connectivity index (χ0) is 22.0. The Kier molecular flexibility index (Phi) is 6.37. The maximum atomic E-state index is 13.0. The van der Waals surface area contributed by atoms with E-state index in [9.17, 15) is 9.59 Å². The predicted octanol–water partition coefficient (Wildman–Crippen LogP) is 5.11. The Hall–Kier alpha value is -2.73. The van der Waals surface area contributed by atoms with Gasteiger partial charge in [-0.2, -0.15) is 0 Å². The number of hydrogen-bond acceptors (Lipinski definition) is 4. The molecule has 1 heterocycles. The fourth-order valence-corrected chi connectivity index (χ4v) is 5.29. The minimum absolute atomic E-state index is 0.0647. The molecule has 5 nitrogen and oxygen atoms in total. The molecule has 0 saturated heterocycles. The van der Waals surface area contributed by atoms with E-state index < -0.39 is 0 Å². The van der Waals surface area contributed by atoms with Crippen molar-refractivity contribution in [1.29, 1.82) is 0 Å². The molecule has 0 spiro atoms. The largest absolute Gasteiger partial charge is 0.497 e. The van der Waals surface area contributed by atoms with Crippen molar-refractivity contribution in [3.63, 3.8) is 0 Å². The van der Waals surface area contributed by atoms with Gasteiger partial charge in [0.2, 0.25) is 0 Å². The van der Waals surface area contributed by atoms with Crippen LogP contribution in [0.1, 0.15) is 48.5 Å². The zero-order valence-corrected chi connectivity index (χ0v) is 19.0. The Labute approximate surface area is 187 Å². The number of nitrogens with one attached hydrogen (secondary N) is 1. The molecule has 1 fully saturated rings. The van der Waals surface area contributed by atoms with E-state index in [4.69, 9.17) is 4.74 Å². The van der Waals surface area contributed by atoms with E-state index in [1.165, 1.54) is 18.2 Å². The van der Waals surface area contributed by atoms with Gasteiger partial charge in [-0.15, -0.1) is 0 Å². The molecule has 1 N–H and O–H groups in total. The first kappa shape index (κ1) is 21.5. The maximum Gasteiger partial charge on any atom is 0.264 e. The number of methoxy groups -OCH3 is 1. The lowest BCUT2D eigenvalue weighted by Crippen LogP contribution is -2.41. The first-order chi connectivity index (χ1) is 15.0. The smallest absolute Gasteiger partial charge is 0.264 e. The molecule has 2 aliphatic rings. The number of carbonyl (C=O) groups excluding carboxylic acids is 2. The molecule has 1 aliphatic carbocycles. The fraction of sp³-hybridized carbons (Fsp3) is 0.360. The zero-order valence-electron chi connectivity index (χ0n) is 18.2. The average Bonchev–Trinajstić information content (AvgIpc) is 2.78. The Morgan fingerprint density at radius 1 is 1.19 bits per heavy atom. The molecule has 2 aromatic carbocycles. The Morgan fingerprint density at radius 3 is 2.77 bits per heavy atom. The first-order valence-corrected chi connectivity index (χ1v) is 11.5. The maximum absolute atomic E-state index is 13.0. The Morgan fingerprint density at radius 2 is 2.00 bits per heavy atom. The Balaban J connectivity index is 1.55. The number of anilines is 1. The lowest BCUT2D eigenvalue weighted by molar-refractivity contribution is -0.114. The molecule has 31 heavy (non-hydrogen) atoms. The van der Waals surface area contributed by atoms with Crippen LogP contribution in [0.2, 0.25) is 0 Å². The van der Waals surface area contributed by atoms with Gasteiger partial charge in [-0.1, -0.05) is 43.7 Å². The lowest BCUT2D eigenvalue weighted by Gasteiger charge is -2.30. The number of ether oxygens (including phenoxy) is 1. The summed E-state index contributed by atoms with van der Waals surface area (Å²) in [5, 5.41) is 3.20. The molecular weight excluding hydrogens is 408 g/mol. The van der Waals surface area contributed by atoms with Crippen LogP contribution in [0.15, 0.2) is 52.3 Å². The third kappa shape index (κ3) is 4.64. The van der Waals surface area contributed by atoms with Crippen LogP contribution in [0, 0.1) is 5.92 Å². The number of thioether (sulfide) groups is 1. The first-order valence-electron chi connectivity index (χ1n) is 10.7. The van der Waals surface area contributed by atoms with Crippen LogP contribution in [0.25, 0.3) is 6.08 Å². The summed E-state index contributed by atoms with van der Waals surface area (Å²) in [7, 11) is 3.38. The van der Waals surface area contributed by atoms with Crippen molar-refractivity contribution in [2.75, 3.05) is 19.1 Å². The Bertz CT molecular complexity index is 1030. The van der Waals surface area contributed by atoms with Gasteiger partial charge in [0.15, 0.2) is 0 Å². The van der Waals surface area contributed by atoms with Crippen LogP contribution in [0.5, 0.6) is 5.75 Å². The SMILES string of the molecule is COc1cccc(/C=C2\Sc3ccc(C(=O)N[C@@H]4CCCC[C@@H]4C)cc3N(C)C2=O)c1. The second-order valence-electron chi connectivity index (χ2n) is 8.28. The molecule has 2 atom stereocenters. The molecule has 0 radical (unpaired) electrons. The number of likely N-dealkylation sites (N-methyl/N-ethyl adjacent to an activating group) is 1. The second kappa shape index (κ2) is 9.18. The van der Waals surface area contributed by atoms with E-state index in [1.807, 2.05) is 48.5 Å². The molecule has 6 heteroatoms. The van der Waals surface area contributed by atoms with Crippen molar-refractivity contribution >= 4 is 35.3 Å². The van der Waals surface area contributed by atoms with Gasteiger partial charge in [-0.05, 0) is 60.7 Å². The normalized spacial score (nSPS) is 22.2. The molecule has 2 amide bonds. The third-order valence-corrected chi connectivity index (χ3v) is 7.21. The van der Waals surface area contributed by atoms with Gasteiger partial charge < -0.3 is 15.0 Å². The summed E-state index contributed by atoms with van der Waals surface area (Å²) < 4.78 is 5.28. The van der Waals surface area contributed by atoms with Crippen LogP contribution in [0.4, 0.5) is 5.69 Å². The van der Waals surface area contributed by atoms with Gasteiger partial charge in [-0.3, -0.25) is 9.59 Å². The second-order valence-corrected chi connectivity index (χ2v) is 9.36. The van der Waals surface area contributed by atoms with Gasteiger partial charge in [0.25, 0.3) is 11.8 Å². The topological polar surface area (TPSA) is 58.6 Å². The number of benzene rings is 2. The summed E-state index contributed by atoms with van der Waals surface area (Å²) in [6.07, 6.45) is 6.47. The monoisotopic (exact) mass is 436 g/mol. The van der Waals surface area contributed by atoms with Crippen LogP contribution in [-0.2, 0) is 4.79 Å². The van der Waals surface area contributed by atoms with Crippen LogP contribution >= 0.6 is 11.8 Å². The van der Waals surface area contributed by atoms with E-state index in [2.05, 4.69) is 12.2 Å². The van der Waals surface area contributed by atoms with Crippen LogP contribution in [0.3, 0.4) is 0 Å². The predicted molar refractivity (Wildman–Crippen MR) is 126 cm³/mol. The van der Waals surface area contributed by atoms with Gasteiger partial charge in [0, 0.05) is 23.5 Å². The number of amides is 2. The lowest BCUT2D eigenvalue weighted by atomic mass is 9.86. The van der Waals surface area contributed by atoms with Crippen LogP contribution < -0.4 is 15.0 Å². The highest BCUT2D eigenvalue weighted by Gasteiger charge is 2.28. The van der Waals surface area contributed by atoms with E-state index in [1.54, 1.807) is 19.1 Å². The molecule has 0 aromatic heterocycles. The van der Waals surface area contributed by atoms with Gasteiger partial charge in [0.05, 0.1) is 17.7 Å². The molecule has 1 aliphatic heterocycles. The fourth-order valence-electron chi connectivity index (χ4n) is 4.20. The number of nitrogens with zero attached hydrogens (tertiary/aromatic N) is 1. The van der Waals surface area contributed by atoms with E-state index in [0.29, 0.717) is 16.4 Å². The third-order valence-electron chi connectivity index (χ3n) is 6.14. The molecule has 0 bridgehead atoms. The van der Waals surface area contributed by atoms with Crippen molar-refractivity contribution in [3.8, 4) is 5.75 Å². The summed E-state index contributed by atoms with van der Waals surface area (Å²) in [5.74, 6) is 1.10. The van der Waals surface area contributed by atoms with Gasteiger partial charge in [-0.25, -0.2) is 0 Å². The number of fused-ring (bicyclic) bond motifs is 1. The van der Waals surface area contributed by atoms with Crippen molar-refractivity contribution in [3.05, 3.63) is 58.5 Å². The van der Waals surface area contributed by atoms with Gasteiger partial charge >= 0.3 is 0 Å². The number of rotatable bonds is 4. The van der Waals surface area contributed by atoms with E-state index in [0.717, 1.165) is 41.2 Å². The summed E-state index contributed by atoms with van der Waals surface area (Å²) in [5.41, 5.74) is 2.27. The van der Waals surface area contributed by atoms with E-state index >= 15 is 0 Å². The summed E-state index contributed by atoms with van der Waals surface area (Å²) in [6.45, 7) is 2.20. The van der Waals surface area contributed by atoms with Crippen LogP contribution in [-0.4, -0.2) is 32.0 Å². The highest BCUT2D eigenvalue weighted by molar-refractivity contribution is 8.04. The van der Waals surface area contributed by atoms with Crippen molar-refractivity contribution < 1.29 is 14.3 Å². The summed E-state index contributed by atoms with van der Waals surface area (Å²) in [6, 6.07) is 13.4. The highest BCUT2D eigenvalue weighted by Crippen LogP contribution is 2.42. The van der Waals surface area contributed by atoms with E-state index in [-0.39, 0.29) is 17.9 Å². The number of carbonyl (C=O) groups is 2. The summed E-state index contributed by atoms with van der Waals surface area (Å²) >= 11 is 1.43. The molecular formula is C25H28N2O3S. The van der Waals surface area contributed by atoms with Crippen molar-refractivity contribution in [1.82, 2.24) is 5.32 Å².